The van der Waals surface area contributed by atoms with Gasteiger partial charge in [-0.2, -0.15) is 0 Å². The van der Waals surface area contributed by atoms with E-state index < -0.39 is 0 Å². The number of anilines is 1. The second kappa shape index (κ2) is 5.22. The Morgan fingerprint density at radius 3 is 2.21 bits per heavy atom. The molecule has 2 aromatic carbocycles. The van der Waals surface area contributed by atoms with Crippen molar-refractivity contribution in [2.75, 3.05) is 11.9 Å². The molecule has 0 aliphatic heterocycles. The van der Waals surface area contributed by atoms with Gasteiger partial charge in [0.05, 0.1) is 6.04 Å². The maximum absolute atomic E-state index is 9.56. The van der Waals surface area contributed by atoms with Crippen LogP contribution in [0, 0.1) is 6.92 Å². The predicted octanol–water partition coefficient (Wildman–Crippen LogP) is 3.60. The molecular formula is C16H19NO2. The van der Waals surface area contributed by atoms with Crippen molar-refractivity contribution >= 4 is 5.69 Å². The number of nitrogens with zero attached hydrogens (tertiary/aromatic N) is 1. The van der Waals surface area contributed by atoms with E-state index in [1.807, 2.05) is 26.1 Å². The van der Waals surface area contributed by atoms with Crippen molar-refractivity contribution in [3.63, 3.8) is 0 Å². The Kier molecular flexibility index (Phi) is 3.65. The van der Waals surface area contributed by atoms with E-state index in [0.29, 0.717) is 0 Å². The lowest BCUT2D eigenvalue weighted by Crippen LogP contribution is -2.21. The Bertz CT molecular complexity index is 560. The summed E-state index contributed by atoms with van der Waals surface area (Å²) < 4.78 is 0. The van der Waals surface area contributed by atoms with Crippen LogP contribution in [0.15, 0.2) is 42.5 Å². The lowest BCUT2D eigenvalue weighted by molar-refractivity contribution is 0.448. The van der Waals surface area contributed by atoms with Crippen molar-refractivity contribution in [2.24, 2.45) is 0 Å². The minimum atomic E-state index is 0.0554. The first-order valence-corrected chi connectivity index (χ1v) is 6.30. The van der Waals surface area contributed by atoms with Crippen LogP contribution in [0.25, 0.3) is 0 Å². The van der Waals surface area contributed by atoms with Crippen LogP contribution in [0.5, 0.6) is 11.5 Å². The highest BCUT2D eigenvalue weighted by Gasteiger charge is 2.14. The summed E-state index contributed by atoms with van der Waals surface area (Å²) in [4.78, 5) is 2.11. The highest BCUT2D eigenvalue weighted by molar-refractivity contribution is 5.51. The smallest absolute Gasteiger partial charge is 0.119 e. The van der Waals surface area contributed by atoms with Gasteiger partial charge in [0.15, 0.2) is 0 Å². The lowest BCUT2D eigenvalue weighted by atomic mass is 10.1. The van der Waals surface area contributed by atoms with E-state index in [1.54, 1.807) is 12.1 Å². The third-order valence-corrected chi connectivity index (χ3v) is 3.40. The molecule has 2 rings (SSSR count). The molecule has 0 saturated carbocycles. The Morgan fingerprint density at radius 2 is 1.63 bits per heavy atom. The summed E-state index contributed by atoms with van der Waals surface area (Å²) >= 11 is 0. The molecule has 0 saturated heterocycles. The molecule has 0 radical (unpaired) electrons. The van der Waals surface area contributed by atoms with Crippen molar-refractivity contribution in [3.05, 3.63) is 53.6 Å². The van der Waals surface area contributed by atoms with Crippen LogP contribution in [0.4, 0.5) is 5.69 Å². The molecule has 1 atom stereocenters. The molecular weight excluding hydrogens is 238 g/mol. The van der Waals surface area contributed by atoms with Gasteiger partial charge in [-0.1, -0.05) is 12.1 Å². The molecule has 1 unspecified atom stereocenters. The largest absolute Gasteiger partial charge is 0.508 e. The fourth-order valence-electron chi connectivity index (χ4n) is 2.15. The van der Waals surface area contributed by atoms with Gasteiger partial charge in [0.1, 0.15) is 11.5 Å². The number of benzene rings is 2. The molecule has 0 heterocycles. The zero-order valence-corrected chi connectivity index (χ0v) is 11.5. The van der Waals surface area contributed by atoms with E-state index in [2.05, 4.69) is 24.0 Å². The first-order valence-electron chi connectivity index (χ1n) is 6.30. The van der Waals surface area contributed by atoms with Crippen molar-refractivity contribution in [3.8, 4) is 11.5 Å². The fraction of sp³-hybridized carbons (Fsp3) is 0.250. The van der Waals surface area contributed by atoms with Gasteiger partial charge in [-0.3, -0.25) is 0 Å². The van der Waals surface area contributed by atoms with E-state index in [9.17, 15) is 10.2 Å². The van der Waals surface area contributed by atoms with E-state index in [1.165, 1.54) is 11.6 Å². The second-order valence-electron chi connectivity index (χ2n) is 4.91. The SMILES string of the molecule is Cc1cccc(N(C)C(C)c2cc(O)cc(O)c2)c1. The molecule has 0 aromatic heterocycles. The van der Waals surface area contributed by atoms with Crippen LogP contribution in [0.1, 0.15) is 24.1 Å². The van der Waals surface area contributed by atoms with Gasteiger partial charge in [-0.05, 0) is 49.2 Å². The summed E-state index contributed by atoms with van der Waals surface area (Å²) in [6.07, 6.45) is 0. The number of hydrogen-bond donors (Lipinski definition) is 2. The van der Waals surface area contributed by atoms with Gasteiger partial charge in [-0.25, -0.2) is 0 Å². The number of phenols is 2. The topological polar surface area (TPSA) is 43.7 Å². The third kappa shape index (κ3) is 2.99. The molecule has 3 heteroatoms. The van der Waals surface area contributed by atoms with Crippen LogP contribution in [0.2, 0.25) is 0 Å². The zero-order chi connectivity index (χ0) is 14.0. The van der Waals surface area contributed by atoms with Crippen LogP contribution in [0.3, 0.4) is 0 Å². The van der Waals surface area contributed by atoms with Crippen molar-refractivity contribution in [1.29, 1.82) is 0 Å². The highest BCUT2D eigenvalue weighted by atomic mass is 16.3. The Morgan fingerprint density at radius 1 is 1.00 bits per heavy atom. The van der Waals surface area contributed by atoms with Gasteiger partial charge in [-0.15, -0.1) is 0 Å². The minimum Gasteiger partial charge on any atom is -0.508 e. The van der Waals surface area contributed by atoms with Crippen molar-refractivity contribution in [1.82, 2.24) is 0 Å². The third-order valence-electron chi connectivity index (χ3n) is 3.40. The maximum Gasteiger partial charge on any atom is 0.119 e. The molecule has 19 heavy (non-hydrogen) atoms. The highest BCUT2D eigenvalue weighted by Crippen LogP contribution is 2.30. The Labute approximate surface area is 113 Å². The minimum absolute atomic E-state index is 0.0554. The standard InChI is InChI=1S/C16H19NO2/c1-11-5-4-6-14(7-11)17(3)12(2)13-8-15(18)10-16(19)9-13/h4-10,12,18-19H,1-3H3. The molecule has 0 fully saturated rings. The predicted molar refractivity (Wildman–Crippen MR) is 77.8 cm³/mol. The summed E-state index contributed by atoms with van der Waals surface area (Å²) in [5.41, 5.74) is 3.19. The summed E-state index contributed by atoms with van der Waals surface area (Å²) in [7, 11) is 2.00. The molecule has 0 aliphatic carbocycles. The van der Waals surface area contributed by atoms with Gasteiger partial charge >= 0.3 is 0 Å². The Balaban J connectivity index is 2.30. The van der Waals surface area contributed by atoms with Crippen LogP contribution in [-0.4, -0.2) is 17.3 Å². The molecule has 0 amide bonds. The number of rotatable bonds is 3. The van der Waals surface area contributed by atoms with Crippen LogP contribution < -0.4 is 4.90 Å². The fourth-order valence-corrected chi connectivity index (χ4v) is 2.15. The van der Waals surface area contributed by atoms with E-state index >= 15 is 0 Å². The average Bonchev–Trinajstić information content (AvgIpc) is 2.36. The van der Waals surface area contributed by atoms with E-state index in [-0.39, 0.29) is 17.5 Å². The number of phenolic OH excluding ortho intramolecular Hbond substituents is 2. The molecule has 2 N–H and O–H groups in total. The monoisotopic (exact) mass is 257 g/mol. The number of aromatic hydroxyl groups is 2. The molecule has 0 bridgehead atoms. The molecule has 3 nitrogen and oxygen atoms in total. The van der Waals surface area contributed by atoms with Crippen LogP contribution in [-0.2, 0) is 0 Å². The summed E-state index contributed by atoms with van der Waals surface area (Å²) in [6, 6.07) is 13.0. The number of aryl methyl sites for hydroxylation is 1. The number of hydrogen-bond acceptors (Lipinski definition) is 3. The molecule has 2 aromatic rings. The van der Waals surface area contributed by atoms with E-state index in [0.717, 1.165) is 11.3 Å². The first-order chi connectivity index (χ1) is 8.97. The molecule has 0 spiro atoms. The lowest BCUT2D eigenvalue weighted by Gasteiger charge is -2.28. The van der Waals surface area contributed by atoms with Crippen LogP contribution >= 0.6 is 0 Å². The second-order valence-corrected chi connectivity index (χ2v) is 4.91. The maximum atomic E-state index is 9.56. The summed E-state index contributed by atoms with van der Waals surface area (Å²) in [5, 5.41) is 19.1. The first kappa shape index (κ1) is 13.3. The average molecular weight is 257 g/mol. The van der Waals surface area contributed by atoms with Crippen molar-refractivity contribution in [2.45, 2.75) is 19.9 Å². The quantitative estimate of drug-likeness (QED) is 0.883. The van der Waals surface area contributed by atoms with Gasteiger partial charge in [0.25, 0.3) is 0 Å². The van der Waals surface area contributed by atoms with Gasteiger partial charge in [0.2, 0.25) is 0 Å². The summed E-state index contributed by atoms with van der Waals surface area (Å²) in [6.45, 7) is 4.10. The Hall–Kier alpha value is -2.16. The van der Waals surface area contributed by atoms with Gasteiger partial charge in [0, 0.05) is 18.8 Å². The molecule has 0 aliphatic rings. The molecule has 100 valence electrons. The summed E-state index contributed by atoms with van der Waals surface area (Å²) in [5.74, 6) is 0.166. The van der Waals surface area contributed by atoms with Gasteiger partial charge < -0.3 is 15.1 Å². The van der Waals surface area contributed by atoms with E-state index in [4.69, 9.17) is 0 Å². The normalized spacial score (nSPS) is 12.2. The van der Waals surface area contributed by atoms with Crippen molar-refractivity contribution < 1.29 is 10.2 Å². The zero-order valence-electron chi connectivity index (χ0n) is 11.5.